The monoisotopic (exact) mass is 304 g/mol. The first-order valence-corrected chi connectivity index (χ1v) is 6.35. The van der Waals surface area contributed by atoms with Gasteiger partial charge in [-0.3, -0.25) is 4.79 Å². The Morgan fingerprint density at radius 2 is 2.05 bits per heavy atom. The molecule has 0 bridgehead atoms. The minimum absolute atomic E-state index is 0.410. The van der Waals surface area contributed by atoms with Gasteiger partial charge in [-0.15, -0.1) is 0 Å². The van der Waals surface area contributed by atoms with Crippen LogP contribution >= 0.6 is 0 Å². The average Bonchev–Trinajstić information content (AvgIpc) is 2.44. The van der Waals surface area contributed by atoms with Gasteiger partial charge >= 0.3 is 5.97 Å². The first-order valence-electron chi connectivity index (χ1n) is 6.35. The predicted octanol–water partition coefficient (Wildman–Crippen LogP) is -2.84. The Kier molecular flexibility index (Phi) is 6.09. The molecule has 9 heteroatoms. The molecule has 1 rings (SSSR count). The van der Waals surface area contributed by atoms with Gasteiger partial charge in [-0.25, -0.2) is 4.79 Å². The van der Waals surface area contributed by atoms with Crippen LogP contribution in [0.5, 0.6) is 0 Å². The smallest absolute Gasteiger partial charge is 0.370 e. The second-order valence-electron chi connectivity index (χ2n) is 4.70. The number of carboxylic acid groups (broad SMARTS) is 1. The lowest BCUT2D eigenvalue weighted by Gasteiger charge is -2.39. The predicted molar refractivity (Wildman–Crippen MR) is 70.1 cm³/mol. The lowest BCUT2D eigenvalue weighted by Crippen LogP contribution is -2.62. The highest BCUT2D eigenvalue weighted by atomic mass is 16.5. The third kappa shape index (κ3) is 4.14. The molecule has 1 heterocycles. The molecule has 0 radical (unpaired) electrons. The summed E-state index contributed by atoms with van der Waals surface area (Å²) in [7, 11) is 1.55. The maximum absolute atomic E-state index is 11.3. The second kappa shape index (κ2) is 7.36. The summed E-state index contributed by atoms with van der Waals surface area (Å²) in [5.74, 6) is -2.16. The van der Waals surface area contributed by atoms with E-state index in [9.17, 15) is 19.8 Å². The minimum Gasteiger partial charge on any atom is -0.478 e. The summed E-state index contributed by atoms with van der Waals surface area (Å²) in [6, 6.07) is -1.44. The van der Waals surface area contributed by atoms with Gasteiger partial charge in [-0.05, 0) is 13.1 Å². The largest absolute Gasteiger partial charge is 0.478 e. The Labute approximate surface area is 121 Å². The number of carbonyl (C=O) groups excluding carboxylic acids is 1. The minimum atomic E-state index is -1.58. The normalized spacial score (nSPS) is 28.0. The van der Waals surface area contributed by atoms with Crippen molar-refractivity contribution >= 4 is 11.9 Å². The quantitative estimate of drug-likeness (QED) is 0.307. The Balaban J connectivity index is 3.12. The first-order chi connectivity index (χ1) is 9.81. The number of likely N-dealkylation sites (N-methyl/N-ethyl adjacent to an activating group) is 1. The van der Waals surface area contributed by atoms with Gasteiger partial charge in [0.05, 0.1) is 18.7 Å². The summed E-state index contributed by atoms with van der Waals surface area (Å²) in [6.07, 6.45) is -3.08. The molecule has 6 N–H and O–H groups in total. The van der Waals surface area contributed by atoms with E-state index >= 15 is 0 Å². The molecule has 0 saturated carbocycles. The molecular formula is C12H20N2O7. The molecule has 21 heavy (non-hydrogen) atoms. The van der Waals surface area contributed by atoms with E-state index in [0.29, 0.717) is 0 Å². The van der Waals surface area contributed by atoms with Crippen molar-refractivity contribution < 1.29 is 34.8 Å². The van der Waals surface area contributed by atoms with Gasteiger partial charge in [0.2, 0.25) is 11.7 Å². The molecule has 0 fully saturated rings. The van der Waals surface area contributed by atoms with Crippen LogP contribution in [0.15, 0.2) is 11.8 Å². The van der Waals surface area contributed by atoms with Crippen LogP contribution in [0.2, 0.25) is 0 Å². The number of aliphatic carboxylic acids is 1. The number of aliphatic hydroxyl groups excluding tert-OH is 3. The number of hydrogen-bond acceptors (Lipinski definition) is 7. The lowest BCUT2D eigenvalue weighted by atomic mass is 9.92. The number of hydrogen-bond donors (Lipinski definition) is 6. The number of ether oxygens (including phenoxy) is 1. The van der Waals surface area contributed by atoms with Gasteiger partial charge in [-0.2, -0.15) is 0 Å². The van der Waals surface area contributed by atoms with E-state index in [-0.39, 0.29) is 0 Å². The van der Waals surface area contributed by atoms with E-state index in [0.717, 1.165) is 0 Å². The topological polar surface area (TPSA) is 148 Å². The van der Waals surface area contributed by atoms with E-state index in [1.807, 2.05) is 0 Å². The van der Waals surface area contributed by atoms with Crippen LogP contribution in [-0.2, 0) is 14.3 Å². The summed E-state index contributed by atoms with van der Waals surface area (Å²) in [6.45, 7) is 0.527. The fourth-order valence-corrected chi connectivity index (χ4v) is 2.13. The number of carboxylic acids is 1. The molecule has 1 aliphatic rings. The van der Waals surface area contributed by atoms with Gasteiger partial charge in [-0.1, -0.05) is 0 Å². The Bertz CT molecular complexity index is 426. The van der Waals surface area contributed by atoms with Gasteiger partial charge in [0, 0.05) is 6.92 Å². The van der Waals surface area contributed by atoms with Crippen molar-refractivity contribution in [2.75, 3.05) is 13.7 Å². The van der Waals surface area contributed by atoms with Crippen LogP contribution in [0.4, 0.5) is 0 Å². The maximum Gasteiger partial charge on any atom is 0.370 e. The van der Waals surface area contributed by atoms with Crippen molar-refractivity contribution in [3.05, 3.63) is 11.8 Å². The summed E-state index contributed by atoms with van der Waals surface area (Å²) >= 11 is 0. The summed E-state index contributed by atoms with van der Waals surface area (Å²) in [4.78, 5) is 22.3. The molecule has 0 aliphatic carbocycles. The van der Waals surface area contributed by atoms with E-state index in [1.165, 1.54) is 13.0 Å². The summed E-state index contributed by atoms with van der Waals surface area (Å²) < 4.78 is 5.16. The van der Waals surface area contributed by atoms with Gasteiger partial charge < -0.3 is 35.8 Å². The SMILES string of the molecule is CN[C@H]1C=C(C(=O)O)O[C@@H]([C@@H](O)[C@H](O)CO)[C@@H]1NC(C)=O. The zero-order valence-corrected chi connectivity index (χ0v) is 11.7. The second-order valence-corrected chi connectivity index (χ2v) is 4.70. The van der Waals surface area contributed by atoms with Crippen LogP contribution in [0.1, 0.15) is 6.92 Å². The van der Waals surface area contributed by atoms with Crippen LogP contribution in [-0.4, -0.2) is 76.4 Å². The number of rotatable bonds is 6. The standard InChI is InChI=1S/C12H20N2O7/c1-5(16)14-9-6(13-2)3-8(12(19)20)21-11(9)10(18)7(17)4-15/h3,6-7,9-11,13,15,17-18H,4H2,1-2H3,(H,14,16)(H,19,20)/t6-,7+,9+,10-,11+/m0/s1. The van der Waals surface area contributed by atoms with Crippen molar-refractivity contribution in [3.8, 4) is 0 Å². The molecule has 0 aromatic carbocycles. The average molecular weight is 304 g/mol. The lowest BCUT2D eigenvalue weighted by molar-refractivity contribution is -0.146. The van der Waals surface area contributed by atoms with Crippen molar-refractivity contribution in [3.63, 3.8) is 0 Å². The molecule has 5 atom stereocenters. The fraction of sp³-hybridized carbons (Fsp3) is 0.667. The molecule has 0 spiro atoms. The zero-order valence-electron chi connectivity index (χ0n) is 11.7. The molecule has 120 valence electrons. The van der Waals surface area contributed by atoms with E-state index in [4.69, 9.17) is 14.9 Å². The van der Waals surface area contributed by atoms with Crippen LogP contribution < -0.4 is 10.6 Å². The van der Waals surface area contributed by atoms with E-state index in [1.54, 1.807) is 7.05 Å². The van der Waals surface area contributed by atoms with Crippen LogP contribution in [0, 0.1) is 0 Å². The van der Waals surface area contributed by atoms with Crippen molar-refractivity contribution in [1.29, 1.82) is 0 Å². The number of amides is 1. The third-order valence-electron chi connectivity index (χ3n) is 3.17. The van der Waals surface area contributed by atoms with Crippen molar-refractivity contribution in [1.82, 2.24) is 10.6 Å². The Hall–Kier alpha value is -1.68. The van der Waals surface area contributed by atoms with Gasteiger partial charge in [0.25, 0.3) is 0 Å². The Morgan fingerprint density at radius 3 is 2.48 bits per heavy atom. The van der Waals surface area contributed by atoms with Crippen molar-refractivity contribution in [2.45, 2.75) is 37.3 Å². The highest BCUT2D eigenvalue weighted by Gasteiger charge is 2.42. The molecule has 1 amide bonds. The third-order valence-corrected chi connectivity index (χ3v) is 3.17. The molecule has 0 saturated heterocycles. The van der Waals surface area contributed by atoms with Crippen LogP contribution in [0.25, 0.3) is 0 Å². The molecule has 0 aromatic rings. The fourth-order valence-electron chi connectivity index (χ4n) is 2.13. The van der Waals surface area contributed by atoms with Crippen molar-refractivity contribution in [2.24, 2.45) is 0 Å². The van der Waals surface area contributed by atoms with Gasteiger partial charge in [0.1, 0.15) is 18.3 Å². The van der Waals surface area contributed by atoms with E-state index in [2.05, 4.69) is 10.6 Å². The molecule has 0 unspecified atom stereocenters. The zero-order chi connectivity index (χ0) is 16.2. The first kappa shape index (κ1) is 17.4. The summed E-state index contributed by atoms with van der Waals surface area (Å²) in [5.41, 5.74) is 0. The molecule has 0 aromatic heterocycles. The molecule has 1 aliphatic heterocycles. The number of carbonyl (C=O) groups is 2. The Morgan fingerprint density at radius 1 is 1.43 bits per heavy atom. The molecular weight excluding hydrogens is 284 g/mol. The number of nitrogens with one attached hydrogen (secondary N) is 2. The highest BCUT2D eigenvalue weighted by molar-refractivity contribution is 5.84. The van der Waals surface area contributed by atoms with E-state index < -0.39 is 54.6 Å². The van der Waals surface area contributed by atoms with Crippen LogP contribution in [0.3, 0.4) is 0 Å². The number of aliphatic hydroxyl groups is 3. The summed E-state index contributed by atoms with van der Waals surface area (Å²) in [5, 5.41) is 42.8. The highest BCUT2D eigenvalue weighted by Crippen LogP contribution is 2.22. The molecule has 9 nitrogen and oxygen atoms in total. The van der Waals surface area contributed by atoms with Gasteiger partial charge in [0.15, 0.2) is 0 Å². The maximum atomic E-state index is 11.3.